The Bertz CT molecular complexity index is 767. The number of benzene rings is 2. The first kappa shape index (κ1) is 13.0. The van der Waals surface area contributed by atoms with Crippen LogP contribution in [0.15, 0.2) is 36.4 Å². The topological polar surface area (TPSA) is 17.8 Å². The average Bonchev–Trinajstić information content (AvgIpc) is 2.70. The molecule has 3 aromatic rings. The third-order valence-electron chi connectivity index (χ3n) is 3.91. The molecule has 0 unspecified atom stereocenters. The van der Waals surface area contributed by atoms with Gasteiger partial charge in [-0.3, -0.25) is 4.68 Å². The minimum atomic E-state index is 0.778. The Balaban J connectivity index is 2.14. The summed E-state index contributed by atoms with van der Waals surface area (Å²) in [5.74, 6) is 0. The number of aryl methyl sites for hydroxylation is 3. The molecule has 0 amide bonds. The second kappa shape index (κ2) is 4.82. The van der Waals surface area contributed by atoms with Gasteiger partial charge in [0.25, 0.3) is 0 Å². The van der Waals surface area contributed by atoms with E-state index in [0.717, 1.165) is 23.2 Å². The molecule has 0 aliphatic heterocycles. The van der Waals surface area contributed by atoms with Crippen molar-refractivity contribution in [3.63, 3.8) is 0 Å². The molecule has 3 rings (SSSR count). The molecule has 0 N–H and O–H groups in total. The maximum absolute atomic E-state index is 5.91. The van der Waals surface area contributed by atoms with Crippen molar-refractivity contribution in [1.29, 1.82) is 0 Å². The van der Waals surface area contributed by atoms with Gasteiger partial charge in [-0.05, 0) is 43.5 Å². The summed E-state index contributed by atoms with van der Waals surface area (Å²) in [5.41, 5.74) is 6.86. The highest BCUT2D eigenvalue weighted by molar-refractivity contribution is 6.33. The summed E-state index contributed by atoms with van der Waals surface area (Å²) in [6.07, 6.45) is 0. The van der Waals surface area contributed by atoms with Gasteiger partial charge in [0.15, 0.2) is 0 Å². The highest BCUT2D eigenvalue weighted by Crippen LogP contribution is 2.20. The molecule has 2 nitrogen and oxygen atoms in total. The van der Waals surface area contributed by atoms with Crippen molar-refractivity contribution < 1.29 is 0 Å². The lowest BCUT2D eigenvalue weighted by Crippen LogP contribution is -2.07. The molecule has 0 fully saturated rings. The minimum Gasteiger partial charge on any atom is -0.260 e. The second-order valence-electron chi connectivity index (χ2n) is 5.39. The fraction of sp³-hybridized carbons (Fsp3) is 0.235. The van der Waals surface area contributed by atoms with E-state index in [1.807, 2.05) is 25.1 Å². The van der Waals surface area contributed by atoms with E-state index in [1.165, 1.54) is 22.1 Å². The fourth-order valence-corrected chi connectivity index (χ4v) is 2.73. The van der Waals surface area contributed by atoms with Crippen molar-refractivity contribution in [2.75, 3.05) is 0 Å². The van der Waals surface area contributed by atoms with Crippen LogP contribution in [0.5, 0.6) is 0 Å². The highest BCUT2D eigenvalue weighted by Gasteiger charge is 2.10. The van der Waals surface area contributed by atoms with Gasteiger partial charge in [-0.2, -0.15) is 5.10 Å². The predicted octanol–water partition coefficient (Wildman–Crippen LogP) is 2.80. The molecule has 1 aromatic heterocycles. The van der Waals surface area contributed by atoms with Crippen molar-refractivity contribution in [2.45, 2.75) is 27.3 Å². The largest absolute Gasteiger partial charge is 0.260 e. The highest BCUT2D eigenvalue weighted by atomic mass is 15.3. The van der Waals surface area contributed by atoms with Crippen LogP contribution >= 0.6 is 0 Å². The quantitative estimate of drug-likeness (QED) is 0.648. The van der Waals surface area contributed by atoms with Crippen LogP contribution < -0.4 is 5.46 Å². The molecule has 0 aliphatic rings. The Labute approximate surface area is 120 Å². The second-order valence-corrected chi connectivity index (χ2v) is 5.39. The number of aromatic nitrogens is 2. The maximum atomic E-state index is 5.91. The van der Waals surface area contributed by atoms with E-state index in [2.05, 4.69) is 41.8 Å². The van der Waals surface area contributed by atoms with Gasteiger partial charge in [-0.15, -0.1) is 0 Å². The first-order valence-electron chi connectivity index (χ1n) is 6.84. The van der Waals surface area contributed by atoms with Crippen molar-refractivity contribution >= 4 is 24.2 Å². The minimum absolute atomic E-state index is 0.778. The zero-order valence-corrected chi connectivity index (χ0v) is 12.1. The number of hydrogen-bond acceptors (Lipinski definition) is 1. The number of nitrogens with zero attached hydrogens (tertiary/aromatic N) is 2. The number of rotatable bonds is 2. The summed E-state index contributed by atoms with van der Waals surface area (Å²) >= 11 is 0. The van der Waals surface area contributed by atoms with E-state index >= 15 is 0 Å². The van der Waals surface area contributed by atoms with Crippen LogP contribution in [0.2, 0.25) is 0 Å². The predicted molar refractivity (Wildman–Crippen MR) is 84.9 cm³/mol. The molecule has 2 aromatic carbocycles. The molecule has 2 radical (unpaired) electrons. The lowest BCUT2D eigenvalue weighted by molar-refractivity contribution is 0.697. The van der Waals surface area contributed by atoms with Crippen LogP contribution in [0.3, 0.4) is 0 Å². The molecule has 98 valence electrons. The van der Waals surface area contributed by atoms with E-state index in [-0.39, 0.29) is 0 Å². The lowest BCUT2D eigenvalue weighted by atomic mass is 9.95. The van der Waals surface area contributed by atoms with Gasteiger partial charge >= 0.3 is 0 Å². The van der Waals surface area contributed by atoms with E-state index in [1.54, 1.807) is 0 Å². The SMILES string of the molecule is [B]c1ccc2c(C)nn(Cc3c(C)cccc3C)c2c1. The zero-order chi connectivity index (χ0) is 14.3. The van der Waals surface area contributed by atoms with Crippen LogP contribution in [0.25, 0.3) is 10.9 Å². The van der Waals surface area contributed by atoms with E-state index in [4.69, 9.17) is 7.85 Å². The maximum Gasteiger partial charge on any atom is 0.113 e. The van der Waals surface area contributed by atoms with Crippen LogP contribution in [0, 0.1) is 20.8 Å². The molecular formula is C17H17BN2. The first-order chi connectivity index (χ1) is 9.56. The lowest BCUT2D eigenvalue weighted by Gasteiger charge is -2.11. The van der Waals surface area contributed by atoms with E-state index < -0.39 is 0 Å². The van der Waals surface area contributed by atoms with Crippen LogP contribution in [0.1, 0.15) is 22.4 Å². The van der Waals surface area contributed by atoms with Gasteiger partial charge in [0.2, 0.25) is 0 Å². The molecule has 1 heterocycles. The van der Waals surface area contributed by atoms with Gasteiger partial charge in [0.1, 0.15) is 7.85 Å². The van der Waals surface area contributed by atoms with Crippen molar-refractivity contribution in [3.8, 4) is 0 Å². The van der Waals surface area contributed by atoms with Crippen LogP contribution in [-0.2, 0) is 6.54 Å². The van der Waals surface area contributed by atoms with Gasteiger partial charge in [-0.25, -0.2) is 0 Å². The molecule has 0 saturated carbocycles. The van der Waals surface area contributed by atoms with Gasteiger partial charge in [-0.1, -0.05) is 35.8 Å². The molecule has 20 heavy (non-hydrogen) atoms. The summed E-state index contributed by atoms with van der Waals surface area (Å²) in [6, 6.07) is 12.4. The molecule has 0 atom stereocenters. The Morgan fingerprint density at radius 1 is 1.05 bits per heavy atom. The number of hydrogen-bond donors (Lipinski definition) is 0. The summed E-state index contributed by atoms with van der Waals surface area (Å²) in [4.78, 5) is 0. The molecule has 3 heteroatoms. The van der Waals surface area contributed by atoms with Gasteiger partial charge in [0, 0.05) is 5.39 Å². The average molecular weight is 260 g/mol. The van der Waals surface area contributed by atoms with E-state index in [9.17, 15) is 0 Å². The third-order valence-corrected chi connectivity index (χ3v) is 3.91. The van der Waals surface area contributed by atoms with E-state index in [0.29, 0.717) is 0 Å². The smallest absolute Gasteiger partial charge is 0.113 e. The van der Waals surface area contributed by atoms with Gasteiger partial charge in [0.05, 0.1) is 17.8 Å². The first-order valence-corrected chi connectivity index (χ1v) is 6.84. The van der Waals surface area contributed by atoms with Crippen LogP contribution in [0.4, 0.5) is 0 Å². The van der Waals surface area contributed by atoms with Crippen molar-refractivity contribution in [1.82, 2.24) is 9.78 Å². The summed E-state index contributed by atoms with van der Waals surface area (Å²) in [5, 5.41) is 5.84. The Morgan fingerprint density at radius 3 is 2.45 bits per heavy atom. The fourth-order valence-electron chi connectivity index (χ4n) is 2.73. The standard InChI is InChI=1S/C17H17BN2/c1-11-5-4-6-12(2)16(11)10-20-17-9-14(18)7-8-15(17)13(3)19-20/h4-9H,10H2,1-3H3. The summed E-state index contributed by atoms with van der Waals surface area (Å²) in [7, 11) is 5.91. The Morgan fingerprint density at radius 2 is 1.75 bits per heavy atom. The van der Waals surface area contributed by atoms with Crippen molar-refractivity contribution in [3.05, 3.63) is 58.8 Å². The Hall–Kier alpha value is -2.03. The molecule has 0 saturated heterocycles. The molecule has 0 spiro atoms. The monoisotopic (exact) mass is 260 g/mol. The summed E-state index contributed by atoms with van der Waals surface area (Å²) in [6.45, 7) is 7.12. The van der Waals surface area contributed by atoms with Crippen LogP contribution in [-0.4, -0.2) is 17.6 Å². The summed E-state index contributed by atoms with van der Waals surface area (Å²) < 4.78 is 2.05. The number of fused-ring (bicyclic) bond motifs is 1. The molecular weight excluding hydrogens is 243 g/mol. The third kappa shape index (κ3) is 2.13. The van der Waals surface area contributed by atoms with Crippen molar-refractivity contribution in [2.24, 2.45) is 0 Å². The molecule has 0 bridgehead atoms. The molecule has 0 aliphatic carbocycles. The Kier molecular flexibility index (Phi) is 3.13. The van der Waals surface area contributed by atoms with Gasteiger partial charge < -0.3 is 0 Å². The zero-order valence-electron chi connectivity index (χ0n) is 12.1. The normalized spacial score (nSPS) is 11.2.